The van der Waals surface area contributed by atoms with Gasteiger partial charge in [0.1, 0.15) is 11.6 Å². The SMILES string of the molecule is Fc1ccc(F)c(C2=CC34c5ccccc5NCC3CCN4C2)c1. The minimum atomic E-state index is -0.390. The van der Waals surface area contributed by atoms with E-state index in [2.05, 4.69) is 34.5 Å². The van der Waals surface area contributed by atoms with Crippen molar-refractivity contribution in [3.05, 3.63) is 71.3 Å². The molecule has 0 bridgehead atoms. The molecule has 1 saturated heterocycles. The summed E-state index contributed by atoms with van der Waals surface area (Å²) in [5, 5.41) is 3.53. The number of benzene rings is 2. The van der Waals surface area contributed by atoms with Gasteiger partial charge in [0.15, 0.2) is 0 Å². The van der Waals surface area contributed by atoms with Crippen LogP contribution in [0.5, 0.6) is 0 Å². The van der Waals surface area contributed by atoms with E-state index in [4.69, 9.17) is 0 Å². The molecule has 4 heteroatoms. The van der Waals surface area contributed by atoms with Gasteiger partial charge in [-0.15, -0.1) is 0 Å². The molecule has 2 nitrogen and oxygen atoms in total. The Kier molecular flexibility index (Phi) is 2.89. The van der Waals surface area contributed by atoms with Gasteiger partial charge in [-0.2, -0.15) is 0 Å². The Morgan fingerprint density at radius 2 is 2.00 bits per heavy atom. The Balaban J connectivity index is 1.70. The second-order valence-corrected chi connectivity index (χ2v) is 6.95. The van der Waals surface area contributed by atoms with Gasteiger partial charge in [0.2, 0.25) is 0 Å². The summed E-state index contributed by atoms with van der Waals surface area (Å²) in [6, 6.07) is 12.1. The molecule has 1 fully saturated rings. The third-order valence-electron chi connectivity index (χ3n) is 5.82. The Labute approximate surface area is 139 Å². The molecule has 1 N–H and O–H groups in total. The molecule has 24 heavy (non-hydrogen) atoms. The van der Waals surface area contributed by atoms with E-state index in [1.165, 1.54) is 23.8 Å². The van der Waals surface area contributed by atoms with Crippen molar-refractivity contribution in [2.45, 2.75) is 12.0 Å². The van der Waals surface area contributed by atoms with Crippen molar-refractivity contribution in [2.75, 3.05) is 25.0 Å². The lowest BCUT2D eigenvalue weighted by Gasteiger charge is -2.42. The molecule has 122 valence electrons. The van der Waals surface area contributed by atoms with Gasteiger partial charge < -0.3 is 5.32 Å². The number of fused-ring (bicyclic) bond motifs is 1. The maximum Gasteiger partial charge on any atom is 0.130 e. The standard InChI is InChI=1S/C20H18F2N2/c21-15-5-6-18(22)16(9-15)13-10-20-14(7-8-24(20)12-13)11-23-19-4-2-1-3-17(19)20/h1-6,9-10,14,23H,7-8,11-12H2. The molecular formula is C20H18F2N2. The fourth-order valence-electron chi connectivity index (χ4n) is 4.76. The van der Waals surface area contributed by atoms with E-state index in [0.717, 1.165) is 30.8 Å². The topological polar surface area (TPSA) is 15.3 Å². The Hall–Kier alpha value is -2.20. The number of hydrogen-bond donors (Lipinski definition) is 1. The second kappa shape index (κ2) is 4.90. The highest BCUT2D eigenvalue weighted by Gasteiger charge is 2.54. The highest BCUT2D eigenvalue weighted by atomic mass is 19.1. The van der Waals surface area contributed by atoms with Gasteiger partial charge >= 0.3 is 0 Å². The molecule has 3 aliphatic rings. The molecular weight excluding hydrogens is 306 g/mol. The fourth-order valence-corrected chi connectivity index (χ4v) is 4.76. The van der Waals surface area contributed by atoms with Gasteiger partial charge in [0, 0.05) is 36.8 Å². The van der Waals surface area contributed by atoms with Crippen LogP contribution in [0.3, 0.4) is 0 Å². The van der Waals surface area contributed by atoms with Crippen LogP contribution < -0.4 is 5.32 Å². The molecule has 0 radical (unpaired) electrons. The van der Waals surface area contributed by atoms with Crippen LogP contribution in [0.25, 0.3) is 5.57 Å². The van der Waals surface area contributed by atoms with Gasteiger partial charge in [0.05, 0.1) is 5.54 Å². The van der Waals surface area contributed by atoms with E-state index >= 15 is 0 Å². The lowest BCUT2D eigenvalue weighted by molar-refractivity contribution is 0.186. The first-order valence-electron chi connectivity index (χ1n) is 8.44. The molecule has 0 amide bonds. The molecule has 5 rings (SSSR count). The van der Waals surface area contributed by atoms with Gasteiger partial charge in [-0.3, -0.25) is 4.90 Å². The molecule has 2 aromatic carbocycles. The maximum atomic E-state index is 14.3. The number of para-hydroxylation sites is 1. The van der Waals surface area contributed by atoms with E-state index in [9.17, 15) is 8.78 Å². The normalized spacial score (nSPS) is 27.9. The average molecular weight is 324 g/mol. The van der Waals surface area contributed by atoms with E-state index in [1.807, 2.05) is 6.07 Å². The summed E-state index contributed by atoms with van der Waals surface area (Å²) in [6.07, 6.45) is 3.32. The Morgan fingerprint density at radius 3 is 2.92 bits per heavy atom. The van der Waals surface area contributed by atoms with Crippen molar-refractivity contribution in [2.24, 2.45) is 5.92 Å². The molecule has 2 aromatic rings. The molecule has 0 saturated carbocycles. The summed E-state index contributed by atoms with van der Waals surface area (Å²) in [4.78, 5) is 2.43. The molecule has 1 spiro atoms. The summed E-state index contributed by atoms with van der Waals surface area (Å²) in [5.74, 6) is -0.278. The third kappa shape index (κ3) is 1.77. The molecule has 2 unspecified atom stereocenters. The van der Waals surface area contributed by atoms with E-state index in [-0.39, 0.29) is 17.2 Å². The van der Waals surface area contributed by atoms with Gasteiger partial charge in [-0.25, -0.2) is 8.78 Å². The van der Waals surface area contributed by atoms with Crippen LogP contribution in [0.4, 0.5) is 14.5 Å². The van der Waals surface area contributed by atoms with Crippen molar-refractivity contribution in [1.29, 1.82) is 0 Å². The van der Waals surface area contributed by atoms with Crippen LogP contribution >= 0.6 is 0 Å². The Morgan fingerprint density at radius 1 is 1.12 bits per heavy atom. The number of nitrogens with one attached hydrogen (secondary N) is 1. The smallest absolute Gasteiger partial charge is 0.130 e. The summed E-state index contributed by atoms with van der Waals surface area (Å²) >= 11 is 0. The first-order valence-corrected chi connectivity index (χ1v) is 8.44. The van der Waals surface area contributed by atoms with E-state index < -0.39 is 0 Å². The van der Waals surface area contributed by atoms with Gasteiger partial charge in [-0.1, -0.05) is 24.3 Å². The number of anilines is 1. The minimum Gasteiger partial charge on any atom is -0.384 e. The summed E-state index contributed by atoms with van der Waals surface area (Å²) in [5.41, 5.74) is 3.51. The lowest BCUT2D eigenvalue weighted by Crippen LogP contribution is -2.45. The first-order chi connectivity index (χ1) is 11.7. The quantitative estimate of drug-likeness (QED) is 0.853. The molecule has 3 heterocycles. The van der Waals surface area contributed by atoms with Crippen LogP contribution in [0.15, 0.2) is 48.5 Å². The molecule has 0 aliphatic carbocycles. The highest BCUT2D eigenvalue weighted by molar-refractivity contribution is 5.74. The van der Waals surface area contributed by atoms with Crippen molar-refractivity contribution >= 4 is 11.3 Å². The van der Waals surface area contributed by atoms with Crippen molar-refractivity contribution < 1.29 is 8.78 Å². The van der Waals surface area contributed by atoms with Crippen molar-refractivity contribution in [3.63, 3.8) is 0 Å². The summed E-state index contributed by atoms with van der Waals surface area (Å²) in [7, 11) is 0. The van der Waals surface area contributed by atoms with Crippen LogP contribution in [0.1, 0.15) is 17.5 Å². The van der Waals surface area contributed by atoms with Crippen molar-refractivity contribution in [1.82, 2.24) is 4.90 Å². The molecule has 2 atom stereocenters. The van der Waals surface area contributed by atoms with E-state index in [0.29, 0.717) is 18.0 Å². The third-order valence-corrected chi connectivity index (χ3v) is 5.82. The zero-order valence-electron chi connectivity index (χ0n) is 13.2. The lowest BCUT2D eigenvalue weighted by atomic mass is 9.75. The molecule has 0 aromatic heterocycles. The maximum absolute atomic E-state index is 14.3. The largest absolute Gasteiger partial charge is 0.384 e. The van der Waals surface area contributed by atoms with Crippen molar-refractivity contribution in [3.8, 4) is 0 Å². The van der Waals surface area contributed by atoms with Crippen LogP contribution in [0, 0.1) is 17.6 Å². The van der Waals surface area contributed by atoms with Crippen LogP contribution in [-0.4, -0.2) is 24.5 Å². The minimum absolute atomic E-state index is 0.185. The number of rotatable bonds is 1. The zero-order valence-corrected chi connectivity index (χ0v) is 13.2. The zero-order chi connectivity index (χ0) is 16.3. The summed E-state index contributed by atoms with van der Waals surface area (Å²) in [6.45, 7) is 2.58. The summed E-state index contributed by atoms with van der Waals surface area (Å²) < 4.78 is 27.9. The monoisotopic (exact) mass is 324 g/mol. The average Bonchev–Trinajstić information content (AvgIpc) is 3.12. The first kappa shape index (κ1) is 14.2. The predicted octanol–water partition coefficient (Wildman–Crippen LogP) is 4.00. The van der Waals surface area contributed by atoms with E-state index in [1.54, 1.807) is 0 Å². The second-order valence-electron chi connectivity index (χ2n) is 6.95. The van der Waals surface area contributed by atoms with Gasteiger partial charge in [-0.05, 0) is 41.8 Å². The Bertz CT molecular complexity index is 860. The fraction of sp³-hybridized carbons (Fsp3) is 0.300. The van der Waals surface area contributed by atoms with Crippen LogP contribution in [-0.2, 0) is 5.54 Å². The predicted molar refractivity (Wildman–Crippen MR) is 90.6 cm³/mol. The number of hydrogen-bond acceptors (Lipinski definition) is 2. The van der Waals surface area contributed by atoms with Gasteiger partial charge in [0.25, 0.3) is 0 Å². The molecule has 3 aliphatic heterocycles. The number of halogens is 2. The highest BCUT2D eigenvalue weighted by Crippen LogP contribution is 2.54. The van der Waals surface area contributed by atoms with Crippen LogP contribution in [0.2, 0.25) is 0 Å². The number of nitrogens with zero attached hydrogens (tertiary/aromatic N) is 1.